The summed E-state index contributed by atoms with van der Waals surface area (Å²) >= 11 is 0. The third-order valence-electron chi connectivity index (χ3n) is 4.61. The average Bonchev–Trinajstić information content (AvgIpc) is 2.99. The van der Waals surface area contributed by atoms with Gasteiger partial charge in [-0.05, 0) is 32.3 Å². The number of carbonyl (C=O) groups is 2. The van der Waals surface area contributed by atoms with Crippen molar-refractivity contribution in [2.45, 2.75) is 38.3 Å². The number of hydrogen-bond donors (Lipinski definition) is 2. The van der Waals surface area contributed by atoms with Crippen molar-refractivity contribution in [3.05, 3.63) is 23.8 Å². The van der Waals surface area contributed by atoms with Gasteiger partial charge in [-0.2, -0.15) is 0 Å². The molecule has 1 aliphatic rings. The summed E-state index contributed by atoms with van der Waals surface area (Å²) < 4.78 is 10.5. The Morgan fingerprint density at radius 1 is 1.35 bits per heavy atom. The number of ether oxygens (including phenoxy) is 2. The fraction of sp³-hybridized carbons (Fsp3) is 0.529. The van der Waals surface area contributed by atoms with Crippen LogP contribution in [0.4, 0.5) is 0 Å². The van der Waals surface area contributed by atoms with Gasteiger partial charge in [0.05, 0.1) is 14.2 Å². The summed E-state index contributed by atoms with van der Waals surface area (Å²) in [5, 5.41) is 12.8. The maximum absolute atomic E-state index is 11.7. The second-order valence-electron chi connectivity index (χ2n) is 5.97. The zero-order chi connectivity index (χ0) is 17.0. The van der Waals surface area contributed by atoms with E-state index in [1.54, 1.807) is 26.4 Å². The zero-order valence-electron chi connectivity index (χ0n) is 13.7. The van der Waals surface area contributed by atoms with E-state index >= 15 is 0 Å². The lowest BCUT2D eigenvalue weighted by Crippen LogP contribution is -2.50. The van der Waals surface area contributed by atoms with Gasteiger partial charge < -0.3 is 14.6 Å². The molecule has 2 atom stereocenters. The van der Waals surface area contributed by atoms with Crippen molar-refractivity contribution in [3.63, 3.8) is 0 Å². The molecule has 1 aliphatic carbocycles. The van der Waals surface area contributed by atoms with Crippen molar-refractivity contribution in [1.29, 1.82) is 0 Å². The van der Waals surface area contributed by atoms with Crippen LogP contribution in [0.15, 0.2) is 18.2 Å². The molecule has 1 fully saturated rings. The average molecular weight is 321 g/mol. The minimum Gasteiger partial charge on any atom is -0.497 e. The Bertz CT molecular complexity index is 601. The highest BCUT2D eigenvalue weighted by molar-refractivity contribution is 5.84. The molecule has 6 heteroatoms. The van der Waals surface area contributed by atoms with Crippen LogP contribution < -0.4 is 14.8 Å². The number of carboxylic acids is 1. The van der Waals surface area contributed by atoms with Crippen LogP contribution in [0.3, 0.4) is 0 Å². The summed E-state index contributed by atoms with van der Waals surface area (Å²) in [7, 11) is 3.14. The number of nitrogens with one attached hydrogen (secondary N) is 1. The molecule has 0 radical (unpaired) electrons. The number of rotatable bonds is 7. The predicted molar refractivity (Wildman–Crippen MR) is 84.8 cm³/mol. The van der Waals surface area contributed by atoms with Gasteiger partial charge in [-0.1, -0.05) is 6.07 Å². The van der Waals surface area contributed by atoms with Crippen LogP contribution in [0, 0.1) is 5.92 Å². The Morgan fingerprint density at radius 2 is 2.09 bits per heavy atom. The van der Waals surface area contributed by atoms with Crippen LogP contribution >= 0.6 is 0 Å². The quantitative estimate of drug-likeness (QED) is 0.799. The molecule has 2 unspecified atom stereocenters. The summed E-state index contributed by atoms with van der Waals surface area (Å²) in [6.07, 6.45) is 1.38. The van der Waals surface area contributed by atoms with E-state index in [0.717, 1.165) is 5.56 Å². The molecule has 0 aliphatic heterocycles. The van der Waals surface area contributed by atoms with E-state index in [1.165, 1.54) is 6.92 Å². The van der Waals surface area contributed by atoms with Gasteiger partial charge in [-0.15, -0.1) is 0 Å². The lowest BCUT2D eigenvalue weighted by atomic mass is 9.94. The first-order chi connectivity index (χ1) is 10.9. The van der Waals surface area contributed by atoms with Gasteiger partial charge in [-0.25, -0.2) is 0 Å². The molecule has 0 bridgehead atoms. The van der Waals surface area contributed by atoms with Gasteiger partial charge in [-0.3, -0.25) is 14.9 Å². The highest BCUT2D eigenvalue weighted by Gasteiger charge is 2.46. The van der Waals surface area contributed by atoms with E-state index in [9.17, 15) is 14.7 Å². The first-order valence-corrected chi connectivity index (χ1v) is 7.61. The molecule has 0 saturated heterocycles. The molecule has 2 rings (SSSR count). The number of carbonyl (C=O) groups excluding carboxylic acids is 1. The Balaban J connectivity index is 2.14. The molecule has 1 aromatic rings. The van der Waals surface area contributed by atoms with Crippen LogP contribution in [0.1, 0.15) is 31.7 Å². The number of aliphatic carboxylic acids is 1. The minimum atomic E-state index is -1.05. The molecular weight excluding hydrogens is 298 g/mol. The topological polar surface area (TPSA) is 84.9 Å². The SMILES string of the molecule is COc1ccc(CNC2(C(=O)O)CCC(C(C)=O)C2)c(OC)c1. The largest absolute Gasteiger partial charge is 0.497 e. The highest BCUT2D eigenvalue weighted by atomic mass is 16.5. The van der Waals surface area contributed by atoms with Gasteiger partial charge in [0.2, 0.25) is 0 Å². The van der Waals surface area contributed by atoms with E-state index in [2.05, 4.69) is 5.32 Å². The normalized spacial score (nSPS) is 23.5. The Morgan fingerprint density at radius 3 is 2.61 bits per heavy atom. The summed E-state index contributed by atoms with van der Waals surface area (Å²) in [6, 6.07) is 5.41. The maximum atomic E-state index is 11.7. The first kappa shape index (κ1) is 17.3. The monoisotopic (exact) mass is 321 g/mol. The summed E-state index contributed by atoms with van der Waals surface area (Å²) in [6.45, 7) is 1.87. The number of hydrogen-bond acceptors (Lipinski definition) is 5. The van der Waals surface area contributed by atoms with Gasteiger partial charge >= 0.3 is 5.97 Å². The van der Waals surface area contributed by atoms with Crippen LogP contribution in [-0.4, -0.2) is 36.6 Å². The van der Waals surface area contributed by atoms with Crippen LogP contribution in [-0.2, 0) is 16.1 Å². The van der Waals surface area contributed by atoms with Crippen molar-refractivity contribution in [2.75, 3.05) is 14.2 Å². The van der Waals surface area contributed by atoms with Crippen molar-refractivity contribution in [2.24, 2.45) is 5.92 Å². The lowest BCUT2D eigenvalue weighted by molar-refractivity contribution is -0.144. The minimum absolute atomic E-state index is 0.0527. The Hall–Kier alpha value is -2.08. The van der Waals surface area contributed by atoms with Crippen LogP contribution in [0.5, 0.6) is 11.5 Å². The fourth-order valence-electron chi connectivity index (χ4n) is 3.09. The number of methoxy groups -OCH3 is 2. The van der Waals surface area contributed by atoms with Gasteiger partial charge in [0.25, 0.3) is 0 Å². The van der Waals surface area contributed by atoms with E-state index in [4.69, 9.17) is 9.47 Å². The first-order valence-electron chi connectivity index (χ1n) is 7.61. The van der Waals surface area contributed by atoms with Crippen molar-refractivity contribution in [1.82, 2.24) is 5.32 Å². The Kier molecular flexibility index (Phi) is 5.26. The molecule has 126 valence electrons. The van der Waals surface area contributed by atoms with Gasteiger partial charge in [0.15, 0.2) is 0 Å². The smallest absolute Gasteiger partial charge is 0.323 e. The van der Waals surface area contributed by atoms with Gasteiger partial charge in [0, 0.05) is 24.1 Å². The van der Waals surface area contributed by atoms with Crippen molar-refractivity contribution < 1.29 is 24.2 Å². The molecule has 0 heterocycles. The molecule has 6 nitrogen and oxygen atoms in total. The van der Waals surface area contributed by atoms with E-state index < -0.39 is 11.5 Å². The molecule has 1 saturated carbocycles. The molecule has 2 N–H and O–H groups in total. The standard InChI is InChI=1S/C17H23NO5/c1-11(19)12-6-7-17(9-12,16(20)21)18-10-13-4-5-14(22-2)8-15(13)23-3/h4-5,8,12,18H,6-7,9-10H2,1-3H3,(H,20,21). The third kappa shape index (κ3) is 3.64. The molecule has 0 spiro atoms. The van der Waals surface area contributed by atoms with E-state index in [0.29, 0.717) is 37.3 Å². The van der Waals surface area contributed by atoms with Crippen LogP contribution in [0.25, 0.3) is 0 Å². The highest BCUT2D eigenvalue weighted by Crippen LogP contribution is 2.36. The number of carboxylic acid groups (broad SMARTS) is 1. The summed E-state index contributed by atoms with van der Waals surface area (Å²) in [5.41, 5.74) is -0.207. The van der Waals surface area contributed by atoms with Crippen LogP contribution in [0.2, 0.25) is 0 Å². The number of ketones is 1. The molecular formula is C17H23NO5. The zero-order valence-corrected chi connectivity index (χ0v) is 13.7. The Labute approximate surface area is 135 Å². The van der Waals surface area contributed by atoms with Crippen molar-refractivity contribution in [3.8, 4) is 11.5 Å². The van der Waals surface area contributed by atoms with Crippen molar-refractivity contribution >= 4 is 11.8 Å². The van der Waals surface area contributed by atoms with E-state index in [-0.39, 0.29) is 11.7 Å². The molecule has 0 aromatic heterocycles. The van der Waals surface area contributed by atoms with E-state index in [1.807, 2.05) is 6.07 Å². The molecule has 0 amide bonds. The maximum Gasteiger partial charge on any atom is 0.323 e. The molecule has 1 aromatic carbocycles. The summed E-state index contributed by atoms with van der Waals surface area (Å²) in [5.74, 6) is 0.275. The molecule has 23 heavy (non-hydrogen) atoms. The summed E-state index contributed by atoms with van der Waals surface area (Å²) in [4.78, 5) is 23.3. The number of Topliss-reactive ketones (excluding diaryl/α,β-unsaturated/α-hetero) is 1. The third-order valence-corrected chi connectivity index (χ3v) is 4.61. The fourth-order valence-corrected chi connectivity index (χ4v) is 3.09. The lowest BCUT2D eigenvalue weighted by Gasteiger charge is -2.26. The number of benzene rings is 1. The van der Waals surface area contributed by atoms with Gasteiger partial charge in [0.1, 0.15) is 22.8 Å². The predicted octanol–water partition coefficient (Wildman–Crippen LogP) is 2.01. The second kappa shape index (κ2) is 7.00. The second-order valence-corrected chi connectivity index (χ2v) is 5.97.